The highest BCUT2D eigenvalue weighted by molar-refractivity contribution is 6.04. The highest BCUT2D eigenvalue weighted by atomic mass is 16.5. The molecule has 138 valence electrons. The Morgan fingerprint density at radius 2 is 2.00 bits per heavy atom. The van der Waals surface area contributed by atoms with Crippen molar-refractivity contribution in [2.45, 2.75) is 25.0 Å². The molecule has 2 N–H and O–H groups in total. The van der Waals surface area contributed by atoms with Crippen molar-refractivity contribution in [1.29, 1.82) is 0 Å². The number of hydrogen-bond acceptors (Lipinski definition) is 6. The summed E-state index contributed by atoms with van der Waals surface area (Å²) in [4.78, 5) is 25.8. The molecular weight excluding hydrogens is 344 g/mol. The second-order valence-electron chi connectivity index (χ2n) is 6.70. The third-order valence-electron chi connectivity index (χ3n) is 4.98. The fourth-order valence-electron chi connectivity index (χ4n) is 3.47. The molecule has 3 aromatic rings. The van der Waals surface area contributed by atoms with E-state index < -0.39 is 0 Å². The fourth-order valence-corrected chi connectivity index (χ4v) is 3.47. The summed E-state index contributed by atoms with van der Waals surface area (Å²) in [6, 6.07) is 8.78. The molecule has 0 unspecified atom stereocenters. The molecule has 0 spiro atoms. The molecule has 1 aromatic carbocycles. The Kier molecular flexibility index (Phi) is 4.68. The summed E-state index contributed by atoms with van der Waals surface area (Å²) in [5, 5.41) is 12.8. The highest BCUT2D eigenvalue weighted by Crippen LogP contribution is 2.38. The van der Waals surface area contributed by atoms with Gasteiger partial charge in [0.05, 0.1) is 30.3 Å². The standard InChI is InChI=1S/C20H20N4O3/c1-27-17-6-5-12(11-23-17)18(13-9-14(25)10-13)24-20(26)15-3-2-4-16-19(15)22-8-7-21-16/h2-8,11,13-14,18,25H,9-10H2,1H3,(H,24,26)/t13?,14?,18-/m0/s1. The zero-order chi connectivity index (χ0) is 18.8. The number of pyridine rings is 1. The van der Waals surface area contributed by atoms with Gasteiger partial charge in [-0.3, -0.25) is 14.8 Å². The van der Waals surface area contributed by atoms with Gasteiger partial charge < -0.3 is 15.2 Å². The summed E-state index contributed by atoms with van der Waals surface area (Å²) in [5.74, 6) is 0.449. The lowest BCUT2D eigenvalue weighted by molar-refractivity contribution is 0.0235. The Morgan fingerprint density at radius 1 is 1.19 bits per heavy atom. The van der Waals surface area contributed by atoms with Gasteiger partial charge in [0, 0.05) is 24.7 Å². The van der Waals surface area contributed by atoms with Crippen molar-refractivity contribution >= 4 is 16.9 Å². The van der Waals surface area contributed by atoms with E-state index in [9.17, 15) is 9.90 Å². The van der Waals surface area contributed by atoms with Crippen LogP contribution in [0.4, 0.5) is 0 Å². The fraction of sp³-hybridized carbons (Fsp3) is 0.300. The molecule has 7 nitrogen and oxygen atoms in total. The summed E-state index contributed by atoms with van der Waals surface area (Å²) in [5.41, 5.74) is 2.60. The number of nitrogens with one attached hydrogen (secondary N) is 1. The second kappa shape index (κ2) is 7.28. The third-order valence-corrected chi connectivity index (χ3v) is 4.98. The van der Waals surface area contributed by atoms with E-state index in [2.05, 4.69) is 20.3 Å². The molecule has 1 aliphatic carbocycles. The molecule has 1 saturated carbocycles. The van der Waals surface area contributed by atoms with E-state index in [1.165, 1.54) is 0 Å². The van der Waals surface area contributed by atoms with Gasteiger partial charge in [-0.05, 0) is 36.5 Å². The average molecular weight is 364 g/mol. The number of rotatable bonds is 5. The Hall–Kier alpha value is -3.06. The number of aromatic nitrogens is 3. The first kappa shape index (κ1) is 17.4. The number of hydrogen-bond donors (Lipinski definition) is 2. The van der Waals surface area contributed by atoms with Crippen LogP contribution in [0.1, 0.15) is 34.8 Å². The Balaban J connectivity index is 1.63. The van der Waals surface area contributed by atoms with E-state index in [1.54, 1.807) is 43.9 Å². The number of nitrogens with zero attached hydrogens (tertiary/aromatic N) is 3. The predicted octanol–water partition coefficient (Wildman–Crippen LogP) is 2.28. The van der Waals surface area contributed by atoms with Crippen molar-refractivity contribution in [1.82, 2.24) is 20.3 Å². The largest absolute Gasteiger partial charge is 0.481 e. The van der Waals surface area contributed by atoms with Crippen LogP contribution in [-0.2, 0) is 0 Å². The van der Waals surface area contributed by atoms with E-state index >= 15 is 0 Å². The molecule has 1 aliphatic rings. The number of carbonyl (C=O) groups excluding carboxylic acids is 1. The molecule has 1 atom stereocenters. The summed E-state index contributed by atoms with van der Waals surface area (Å²) in [7, 11) is 1.56. The third kappa shape index (κ3) is 3.46. The van der Waals surface area contributed by atoms with Gasteiger partial charge in [0.25, 0.3) is 5.91 Å². The summed E-state index contributed by atoms with van der Waals surface area (Å²) in [6.07, 6.45) is 5.86. The van der Waals surface area contributed by atoms with Crippen LogP contribution in [0.3, 0.4) is 0 Å². The lowest BCUT2D eigenvalue weighted by Crippen LogP contribution is -2.41. The number of amides is 1. The van der Waals surface area contributed by atoms with E-state index in [-0.39, 0.29) is 24.0 Å². The van der Waals surface area contributed by atoms with Crippen LogP contribution in [0, 0.1) is 5.92 Å². The predicted molar refractivity (Wildman–Crippen MR) is 99.3 cm³/mol. The molecule has 0 aliphatic heterocycles. The van der Waals surface area contributed by atoms with E-state index in [0.29, 0.717) is 35.3 Å². The molecule has 0 saturated heterocycles. The van der Waals surface area contributed by atoms with Gasteiger partial charge in [-0.15, -0.1) is 0 Å². The Labute approximate surface area is 156 Å². The number of aliphatic hydroxyl groups excluding tert-OH is 1. The van der Waals surface area contributed by atoms with E-state index in [4.69, 9.17) is 4.74 Å². The van der Waals surface area contributed by atoms with Crippen LogP contribution in [0.5, 0.6) is 5.88 Å². The molecule has 1 fully saturated rings. The van der Waals surface area contributed by atoms with Gasteiger partial charge in [0.1, 0.15) is 5.52 Å². The minimum absolute atomic E-state index is 0.153. The summed E-state index contributed by atoms with van der Waals surface area (Å²) >= 11 is 0. The molecule has 7 heteroatoms. The Bertz CT molecular complexity index is 950. The van der Waals surface area contributed by atoms with Crippen LogP contribution in [0.25, 0.3) is 11.0 Å². The number of carbonyl (C=O) groups is 1. The number of benzene rings is 1. The normalized spacial score (nSPS) is 19.9. The molecule has 4 rings (SSSR count). The van der Waals surface area contributed by atoms with Gasteiger partial charge in [0.15, 0.2) is 0 Å². The van der Waals surface area contributed by atoms with Crippen molar-refractivity contribution < 1.29 is 14.6 Å². The average Bonchev–Trinajstić information content (AvgIpc) is 2.69. The number of ether oxygens (including phenoxy) is 1. The molecule has 0 bridgehead atoms. The second-order valence-corrected chi connectivity index (χ2v) is 6.70. The van der Waals surface area contributed by atoms with Crippen LogP contribution < -0.4 is 10.1 Å². The van der Waals surface area contributed by atoms with Crippen molar-refractivity contribution in [2.75, 3.05) is 7.11 Å². The highest BCUT2D eigenvalue weighted by Gasteiger charge is 2.36. The maximum Gasteiger partial charge on any atom is 0.254 e. The van der Waals surface area contributed by atoms with Crippen molar-refractivity contribution in [3.05, 3.63) is 60.0 Å². The van der Waals surface area contributed by atoms with Crippen LogP contribution in [-0.4, -0.2) is 39.2 Å². The maximum atomic E-state index is 13.0. The molecule has 27 heavy (non-hydrogen) atoms. The molecule has 2 aromatic heterocycles. The smallest absolute Gasteiger partial charge is 0.254 e. The van der Waals surface area contributed by atoms with Gasteiger partial charge in [-0.25, -0.2) is 4.98 Å². The molecule has 0 radical (unpaired) electrons. The molecular formula is C20H20N4O3. The van der Waals surface area contributed by atoms with Gasteiger partial charge in [-0.2, -0.15) is 0 Å². The first-order valence-corrected chi connectivity index (χ1v) is 8.84. The number of fused-ring (bicyclic) bond motifs is 1. The van der Waals surface area contributed by atoms with Crippen molar-refractivity contribution in [3.63, 3.8) is 0 Å². The topological polar surface area (TPSA) is 97.2 Å². The van der Waals surface area contributed by atoms with Crippen LogP contribution in [0.15, 0.2) is 48.9 Å². The first-order chi connectivity index (χ1) is 13.2. The SMILES string of the molecule is COc1ccc([C@H](NC(=O)c2cccc3nccnc23)C2CC(O)C2)cn1. The monoisotopic (exact) mass is 364 g/mol. The molecule has 2 heterocycles. The minimum atomic E-state index is -0.316. The number of aliphatic hydroxyl groups is 1. The number of methoxy groups -OCH3 is 1. The zero-order valence-corrected chi connectivity index (χ0v) is 14.9. The van der Waals surface area contributed by atoms with Gasteiger partial charge >= 0.3 is 0 Å². The lowest BCUT2D eigenvalue weighted by atomic mass is 9.75. The maximum absolute atomic E-state index is 13.0. The number of para-hydroxylation sites is 1. The van der Waals surface area contributed by atoms with Crippen molar-refractivity contribution in [3.8, 4) is 5.88 Å². The van der Waals surface area contributed by atoms with Crippen LogP contribution in [0.2, 0.25) is 0 Å². The summed E-state index contributed by atoms with van der Waals surface area (Å²) in [6.45, 7) is 0. The quantitative estimate of drug-likeness (QED) is 0.721. The first-order valence-electron chi connectivity index (χ1n) is 8.84. The zero-order valence-electron chi connectivity index (χ0n) is 14.9. The van der Waals surface area contributed by atoms with Gasteiger partial charge in [-0.1, -0.05) is 12.1 Å². The molecule has 1 amide bonds. The Morgan fingerprint density at radius 3 is 2.70 bits per heavy atom. The van der Waals surface area contributed by atoms with E-state index in [1.807, 2.05) is 12.1 Å². The summed E-state index contributed by atoms with van der Waals surface area (Å²) < 4.78 is 5.11. The van der Waals surface area contributed by atoms with Gasteiger partial charge in [0.2, 0.25) is 5.88 Å². The van der Waals surface area contributed by atoms with E-state index in [0.717, 1.165) is 5.56 Å². The van der Waals surface area contributed by atoms with Crippen LogP contribution >= 0.6 is 0 Å². The lowest BCUT2D eigenvalue weighted by Gasteiger charge is -2.38. The minimum Gasteiger partial charge on any atom is -0.481 e. The van der Waals surface area contributed by atoms with Crippen molar-refractivity contribution in [2.24, 2.45) is 5.92 Å².